The van der Waals surface area contributed by atoms with Crippen LogP contribution in [-0.2, 0) is 11.2 Å². The molecule has 2 fully saturated rings. The fourth-order valence-electron chi connectivity index (χ4n) is 4.65. The number of pyridine rings is 2. The summed E-state index contributed by atoms with van der Waals surface area (Å²) < 4.78 is 0. The van der Waals surface area contributed by atoms with E-state index in [0.717, 1.165) is 25.7 Å². The van der Waals surface area contributed by atoms with Crippen LogP contribution < -0.4 is 5.32 Å². The van der Waals surface area contributed by atoms with Crippen molar-refractivity contribution in [2.45, 2.75) is 63.6 Å². The number of hydrogen-bond acceptors (Lipinski definition) is 4. The predicted octanol–water partition coefficient (Wildman–Crippen LogP) is 3.50. The SMILES string of the molecule is Cc1cccnc1[C@@H]1CCC[C@H](c2ncccc2CC2CCC(=O)N2)N1C. The van der Waals surface area contributed by atoms with Crippen molar-refractivity contribution < 1.29 is 4.79 Å². The molecule has 0 bridgehead atoms. The highest BCUT2D eigenvalue weighted by Crippen LogP contribution is 2.41. The van der Waals surface area contributed by atoms with Gasteiger partial charge in [0.25, 0.3) is 0 Å². The van der Waals surface area contributed by atoms with Gasteiger partial charge in [0.15, 0.2) is 0 Å². The van der Waals surface area contributed by atoms with Gasteiger partial charge in [0, 0.05) is 24.9 Å². The van der Waals surface area contributed by atoms with Crippen molar-refractivity contribution in [3.63, 3.8) is 0 Å². The Bertz CT molecular complexity index is 821. The van der Waals surface area contributed by atoms with E-state index in [9.17, 15) is 4.79 Å². The molecule has 1 unspecified atom stereocenters. The quantitative estimate of drug-likeness (QED) is 0.902. The fraction of sp³-hybridized carbons (Fsp3) is 0.500. The highest BCUT2D eigenvalue weighted by Gasteiger charge is 2.33. The van der Waals surface area contributed by atoms with Crippen LogP contribution in [0.1, 0.15) is 66.7 Å². The van der Waals surface area contributed by atoms with Crippen molar-refractivity contribution in [1.82, 2.24) is 20.2 Å². The van der Waals surface area contributed by atoms with Gasteiger partial charge < -0.3 is 5.32 Å². The Morgan fingerprint density at radius 2 is 1.78 bits per heavy atom. The number of likely N-dealkylation sites (tertiary alicyclic amines) is 1. The van der Waals surface area contributed by atoms with E-state index < -0.39 is 0 Å². The van der Waals surface area contributed by atoms with Gasteiger partial charge >= 0.3 is 0 Å². The molecule has 0 radical (unpaired) electrons. The molecule has 2 aliphatic rings. The summed E-state index contributed by atoms with van der Waals surface area (Å²) in [5, 5.41) is 3.10. The van der Waals surface area contributed by atoms with E-state index in [1.165, 1.54) is 28.9 Å². The van der Waals surface area contributed by atoms with Crippen LogP contribution in [0.15, 0.2) is 36.7 Å². The summed E-state index contributed by atoms with van der Waals surface area (Å²) in [6, 6.07) is 9.20. The minimum atomic E-state index is 0.172. The second-order valence-corrected chi connectivity index (χ2v) is 7.89. The van der Waals surface area contributed by atoms with E-state index in [2.05, 4.69) is 41.3 Å². The van der Waals surface area contributed by atoms with Crippen LogP contribution in [0.4, 0.5) is 0 Å². The lowest BCUT2D eigenvalue weighted by Crippen LogP contribution is -2.35. The molecule has 4 rings (SSSR count). The van der Waals surface area contributed by atoms with E-state index in [1.54, 1.807) is 0 Å². The van der Waals surface area contributed by atoms with Crippen LogP contribution in [-0.4, -0.2) is 33.9 Å². The number of amides is 1. The van der Waals surface area contributed by atoms with Crippen LogP contribution in [0, 0.1) is 6.92 Å². The lowest BCUT2D eigenvalue weighted by molar-refractivity contribution is -0.119. The van der Waals surface area contributed by atoms with Crippen LogP contribution in [0.25, 0.3) is 0 Å². The summed E-state index contributed by atoms with van der Waals surface area (Å²) in [6.45, 7) is 2.15. The first kappa shape index (κ1) is 18.1. The number of hydrogen-bond donors (Lipinski definition) is 1. The Hall–Kier alpha value is -2.27. The van der Waals surface area contributed by atoms with E-state index in [-0.39, 0.29) is 11.9 Å². The zero-order valence-electron chi connectivity index (χ0n) is 16.2. The molecule has 5 nitrogen and oxygen atoms in total. The minimum Gasteiger partial charge on any atom is -0.353 e. The molecule has 3 atom stereocenters. The Labute approximate surface area is 161 Å². The number of nitrogens with zero attached hydrogens (tertiary/aromatic N) is 3. The van der Waals surface area contributed by atoms with Crippen molar-refractivity contribution in [2.75, 3.05) is 7.05 Å². The van der Waals surface area contributed by atoms with Crippen LogP contribution in [0.5, 0.6) is 0 Å². The molecular weight excluding hydrogens is 336 g/mol. The Morgan fingerprint density at radius 1 is 1.07 bits per heavy atom. The average Bonchev–Trinajstić information content (AvgIpc) is 3.08. The zero-order chi connectivity index (χ0) is 18.8. The maximum absolute atomic E-state index is 11.6. The monoisotopic (exact) mass is 364 g/mol. The first-order valence-corrected chi connectivity index (χ1v) is 10.00. The van der Waals surface area contributed by atoms with Gasteiger partial charge in [-0.15, -0.1) is 0 Å². The Balaban J connectivity index is 1.59. The van der Waals surface area contributed by atoms with E-state index in [1.807, 2.05) is 24.5 Å². The van der Waals surface area contributed by atoms with Gasteiger partial charge in [-0.1, -0.05) is 12.1 Å². The lowest BCUT2D eigenvalue weighted by Gasteiger charge is -2.40. The molecule has 2 aromatic heterocycles. The molecule has 142 valence electrons. The van der Waals surface area contributed by atoms with Crippen molar-refractivity contribution in [1.29, 1.82) is 0 Å². The average molecular weight is 364 g/mol. The van der Waals surface area contributed by atoms with Gasteiger partial charge in [-0.25, -0.2) is 0 Å². The maximum atomic E-state index is 11.6. The van der Waals surface area contributed by atoms with Gasteiger partial charge in [-0.2, -0.15) is 0 Å². The number of piperidine rings is 1. The molecule has 0 saturated carbocycles. The zero-order valence-corrected chi connectivity index (χ0v) is 16.2. The summed E-state index contributed by atoms with van der Waals surface area (Å²) in [5.41, 5.74) is 4.87. The number of aromatic nitrogens is 2. The molecule has 4 heterocycles. The molecule has 27 heavy (non-hydrogen) atoms. The Morgan fingerprint density at radius 3 is 2.48 bits per heavy atom. The first-order chi connectivity index (χ1) is 13.1. The standard InChI is InChI=1S/C22H28N4O/c1-15-6-4-12-23-21(15)18-8-3-9-19(26(18)2)22-16(7-5-13-24-22)14-17-10-11-20(27)25-17/h4-7,12-13,17-19H,3,8-11,14H2,1-2H3,(H,25,27)/t17?,18-,19+/m0/s1. The van der Waals surface area contributed by atoms with Gasteiger partial charge in [0.2, 0.25) is 5.91 Å². The third-order valence-electron chi connectivity index (χ3n) is 6.10. The van der Waals surface area contributed by atoms with E-state index >= 15 is 0 Å². The summed E-state index contributed by atoms with van der Waals surface area (Å²) in [6.07, 6.45) is 9.64. The fourth-order valence-corrected chi connectivity index (χ4v) is 4.65. The van der Waals surface area contributed by atoms with Gasteiger partial charge in [0.05, 0.1) is 23.5 Å². The minimum absolute atomic E-state index is 0.172. The van der Waals surface area contributed by atoms with Gasteiger partial charge in [-0.05, 0) is 69.3 Å². The molecule has 2 saturated heterocycles. The molecule has 0 aliphatic carbocycles. The van der Waals surface area contributed by atoms with E-state index in [0.29, 0.717) is 18.5 Å². The normalized spacial score (nSPS) is 26.1. The summed E-state index contributed by atoms with van der Waals surface area (Å²) in [7, 11) is 2.21. The molecule has 5 heteroatoms. The molecule has 1 N–H and O–H groups in total. The number of aryl methyl sites for hydroxylation is 1. The maximum Gasteiger partial charge on any atom is 0.220 e. The second-order valence-electron chi connectivity index (χ2n) is 7.89. The third-order valence-corrected chi connectivity index (χ3v) is 6.10. The molecule has 2 aliphatic heterocycles. The number of nitrogens with one attached hydrogen (secondary N) is 1. The summed E-state index contributed by atoms with van der Waals surface area (Å²) >= 11 is 0. The summed E-state index contributed by atoms with van der Waals surface area (Å²) in [5.74, 6) is 0.172. The number of carbonyl (C=O) groups is 1. The van der Waals surface area contributed by atoms with Crippen molar-refractivity contribution in [2.24, 2.45) is 0 Å². The largest absolute Gasteiger partial charge is 0.353 e. The molecular formula is C22H28N4O. The number of rotatable bonds is 4. The molecule has 1 amide bonds. The van der Waals surface area contributed by atoms with Gasteiger partial charge in [0.1, 0.15) is 0 Å². The number of carbonyl (C=O) groups excluding carboxylic acids is 1. The second kappa shape index (κ2) is 7.77. The third kappa shape index (κ3) is 3.74. The van der Waals surface area contributed by atoms with Crippen molar-refractivity contribution in [3.05, 3.63) is 59.2 Å². The van der Waals surface area contributed by atoms with Crippen LogP contribution in [0.2, 0.25) is 0 Å². The summed E-state index contributed by atoms with van der Waals surface area (Å²) in [4.78, 5) is 23.5. The molecule has 2 aromatic rings. The van der Waals surface area contributed by atoms with Crippen molar-refractivity contribution in [3.8, 4) is 0 Å². The smallest absolute Gasteiger partial charge is 0.220 e. The lowest BCUT2D eigenvalue weighted by atomic mass is 9.88. The first-order valence-electron chi connectivity index (χ1n) is 10.00. The van der Waals surface area contributed by atoms with Gasteiger partial charge in [-0.3, -0.25) is 19.7 Å². The topological polar surface area (TPSA) is 58.1 Å². The molecule has 0 aromatic carbocycles. The van der Waals surface area contributed by atoms with Crippen molar-refractivity contribution >= 4 is 5.91 Å². The highest BCUT2D eigenvalue weighted by molar-refractivity contribution is 5.78. The molecule has 0 spiro atoms. The highest BCUT2D eigenvalue weighted by atomic mass is 16.1. The Kier molecular flexibility index (Phi) is 5.21. The van der Waals surface area contributed by atoms with Crippen LogP contribution >= 0.6 is 0 Å². The van der Waals surface area contributed by atoms with Crippen LogP contribution in [0.3, 0.4) is 0 Å². The van der Waals surface area contributed by atoms with E-state index in [4.69, 9.17) is 4.98 Å². The predicted molar refractivity (Wildman–Crippen MR) is 105 cm³/mol.